The molecule has 1 unspecified atom stereocenters. The molecule has 2 aliphatic heterocycles. The minimum Gasteiger partial charge on any atom is -0.384 e. The number of nitrogens with one attached hydrogen (secondary N) is 2. The molecule has 5 heteroatoms. The summed E-state index contributed by atoms with van der Waals surface area (Å²) < 4.78 is 5.28. The van der Waals surface area contributed by atoms with E-state index in [1.807, 2.05) is 11.8 Å². The van der Waals surface area contributed by atoms with E-state index in [1.54, 1.807) is 7.11 Å². The third-order valence-corrected chi connectivity index (χ3v) is 5.27. The smallest absolute Gasteiger partial charge is 0.228 e. The number of ether oxygens (including phenoxy) is 1. The summed E-state index contributed by atoms with van der Waals surface area (Å²) in [6.45, 7) is 3.21. The topological polar surface area (TPSA) is 50.4 Å². The average molecular weight is 272 g/mol. The second-order valence-electron chi connectivity index (χ2n) is 5.40. The Morgan fingerprint density at radius 3 is 2.89 bits per heavy atom. The molecule has 4 nitrogen and oxygen atoms in total. The van der Waals surface area contributed by atoms with Gasteiger partial charge in [-0.3, -0.25) is 4.79 Å². The normalized spacial score (nSPS) is 27.1. The van der Waals surface area contributed by atoms with E-state index in [4.69, 9.17) is 4.74 Å². The van der Waals surface area contributed by atoms with Gasteiger partial charge in [-0.1, -0.05) is 0 Å². The van der Waals surface area contributed by atoms with Gasteiger partial charge in [0.2, 0.25) is 5.91 Å². The van der Waals surface area contributed by atoms with E-state index in [0.717, 1.165) is 32.5 Å². The van der Waals surface area contributed by atoms with Crippen molar-refractivity contribution in [1.29, 1.82) is 0 Å². The first-order valence-electron chi connectivity index (χ1n) is 6.82. The summed E-state index contributed by atoms with van der Waals surface area (Å²) in [5.41, 5.74) is -0.300. The van der Waals surface area contributed by atoms with E-state index in [2.05, 4.69) is 10.6 Å². The van der Waals surface area contributed by atoms with Crippen molar-refractivity contribution in [2.24, 2.45) is 11.3 Å². The molecule has 2 heterocycles. The molecule has 0 aromatic heterocycles. The van der Waals surface area contributed by atoms with Gasteiger partial charge < -0.3 is 15.4 Å². The van der Waals surface area contributed by atoms with Crippen molar-refractivity contribution in [3.05, 3.63) is 0 Å². The molecule has 1 atom stereocenters. The maximum Gasteiger partial charge on any atom is 0.228 e. The van der Waals surface area contributed by atoms with Crippen molar-refractivity contribution in [3.8, 4) is 0 Å². The molecule has 0 bridgehead atoms. The van der Waals surface area contributed by atoms with Crippen LogP contribution in [-0.4, -0.2) is 50.8 Å². The molecule has 104 valence electrons. The Labute approximate surface area is 114 Å². The van der Waals surface area contributed by atoms with Gasteiger partial charge >= 0.3 is 0 Å². The summed E-state index contributed by atoms with van der Waals surface area (Å²) in [6, 6.07) is 0. The lowest BCUT2D eigenvalue weighted by atomic mass is 9.78. The minimum absolute atomic E-state index is 0.197. The second-order valence-corrected chi connectivity index (χ2v) is 6.55. The number of thioether (sulfide) groups is 1. The number of piperidine rings is 1. The highest BCUT2D eigenvalue weighted by molar-refractivity contribution is 7.99. The molecular weight excluding hydrogens is 248 g/mol. The van der Waals surface area contributed by atoms with E-state index in [1.165, 1.54) is 17.9 Å². The van der Waals surface area contributed by atoms with Crippen LogP contribution in [0.4, 0.5) is 0 Å². The Morgan fingerprint density at radius 2 is 2.28 bits per heavy atom. The second kappa shape index (κ2) is 6.78. The lowest BCUT2D eigenvalue weighted by Gasteiger charge is -2.35. The lowest BCUT2D eigenvalue weighted by molar-refractivity contribution is -0.136. The van der Waals surface area contributed by atoms with Crippen LogP contribution in [0.5, 0.6) is 0 Å². The molecule has 18 heavy (non-hydrogen) atoms. The molecule has 2 N–H and O–H groups in total. The van der Waals surface area contributed by atoms with Gasteiger partial charge in [-0.05, 0) is 49.8 Å². The van der Waals surface area contributed by atoms with Gasteiger partial charge in [-0.2, -0.15) is 11.8 Å². The summed E-state index contributed by atoms with van der Waals surface area (Å²) >= 11 is 1.99. The predicted molar refractivity (Wildman–Crippen MR) is 74.9 cm³/mol. The van der Waals surface area contributed by atoms with Crippen molar-refractivity contribution < 1.29 is 9.53 Å². The molecule has 2 rings (SSSR count). The summed E-state index contributed by atoms with van der Waals surface area (Å²) in [6.07, 6.45) is 3.00. The van der Waals surface area contributed by atoms with Crippen molar-refractivity contribution >= 4 is 17.7 Å². The van der Waals surface area contributed by atoms with Gasteiger partial charge in [0.05, 0.1) is 12.0 Å². The summed E-state index contributed by atoms with van der Waals surface area (Å²) in [7, 11) is 1.69. The van der Waals surface area contributed by atoms with Gasteiger partial charge in [-0.15, -0.1) is 0 Å². The Kier molecular flexibility index (Phi) is 5.33. The van der Waals surface area contributed by atoms with E-state index in [0.29, 0.717) is 12.5 Å². The highest BCUT2D eigenvalue weighted by atomic mass is 32.2. The van der Waals surface area contributed by atoms with Crippen molar-refractivity contribution in [2.45, 2.75) is 19.3 Å². The maximum atomic E-state index is 12.4. The van der Waals surface area contributed by atoms with Crippen LogP contribution < -0.4 is 10.6 Å². The fraction of sp³-hybridized carbons (Fsp3) is 0.923. The summed E-state index contributed by atoms with van der Waals surface area (Å²) in [5.74, 6) is 3.30. The third kappa shape index (κ3) is 3.39. The summed E-state index contributed by atoms with van der Waals surface area (Å²) in [4.78, 5) is 12.4. The zero-order valence-corrected chi connectivity index (χ0v) is 12.0. The Hall–Kier alpha value is -0.260. The molecular formula is C13H24N2O2S. The first kappa shape index (κ1) is 14.2. The van der Waals surface area contributed by atoms with Gasteiger partial charge in [-0.25, -0.2) is 0 Å². The number of carbonyl (C=O) groups is 1. The number of hydrogen-bond donors (Lipinski definition) is 2. The first-order valence-corrected chi connectivity index (χ1v) is 7.98. The monoisotopic (exact) mass is 272 g/mol. The fourth-order valence-corrected chi connectivity index (χ4v) is 4.07. The Morgan fingerprint density at radius 1 is 1.50 bits per heavy atom. The molecule has 0 radical (unpaired) electrons. The molecule has 1 amide bonds. The van der Waals surface area contributed by atoms with E-state index in [9.17, 15) is 4.79 Å². The van der Waals surface area contributed by atoms with Crippen LogP contribution in [-0.2, 0) is 9.53 Å². The number of carbonyl (C=O) groups excluding carboxylic acids is 1. The van der Waals surface area contributed by atoms with E-state index in [-0.39, 0.29) is 11.3 Å². The van der Waals surface area contributed by atoms with Crippen LogP contribution in [0, 0.1) is 11.3 Å². The lowest BCUT2D eigenvalue weighted by Crippen LogP contribution is -2.50. The fourth-order valence-electron chi connectivity index (χ4n) is 2.79. The Bertz CT molecular complexity index is 269. The van der Waals surface area contributed by atoms with Crippen LogP contribution in [0.15, 0.2) is 0 Å². The number of amides is 1. The standard InChI is InChI=1S/C13H24N2O2S/c1-17-10-13(3-5-14-6-4-13)12(16)15-8-11-2-7-18-9-11/h11,14H,2-10H2,1H3,(H,15,16). The summed E-state index contributed by atoms with van der Waals surface area (Å²) in [5, 5.41) is 6.47. The highest BCUT2D eigenvalue weighted by Gasteiger charge is 2.39. The van der Waals surface area contributed by atoms with Gasteiger partial charge in [0.25, 0.3) is 0 Å². The SMILES string of the molecule is COCC1(C(=O)NCC2CCSC2)CCNCC1. The largest absolute Gasteiger partial charge is 0.384 e. The van der Waals surface area contributed by atoms with Crippen LogP contribution in [0.2, 0.25) is 0 Å². The zero-order valence-electron chi connectivity index (χ0n) is 11.2. The quantitative estimate of drug-likeness (QED) is 0.780. The molecule has 2 saturated heterocycles. The van der Waals surface area contributed by atoms with Crippen molar-refractivity contribution in [2.75, 3.05) is 44.9 Å². The third-order valence-electron chi connectivity index (χ3n) is 4.04. The molecule has 2 aliphatic rings. The van der Waals surface area contributed by atoms with E-state index < -0.39 is 0 Å². The predicted octanol–water partition coefficient (Wildman–Crippen LogP) is 0.872. The average Bonchev–Trinajstić information content (AvgIpc) is 2.90. The minimum atomic E-state index is -0.300. The number of hydrogen-bond acceptors (Lipinski definition) is 4. The molecule has 0 aromatic rings. The van der Waals surface area contributed by atoms with Gasteiger partial charge in [0, 0.05) is 13.7 Å². The van der Waals surface area contributed by atoms with Gasteiger partial charge in [0.1, 0.15) is 0 Å². The highest BCUT2D eigenvalue weighted by Crippen LogP contribution is 2.30. The molecule has 0 aliphatic carbocycles. The molecule has 2 fully saturated rings. The van der Waals surface area contributed by atoms with Crippen molar-refractivity contribution in [1.82, 2.24) is 10.6 Å². The number of rotatable bonds is 5. The first-order chi connectivity index (χ1) is 8.77. The number of methoxy groups -OCH3 is 1. The maximum absolute atomic E-state index is 12.4. The van der Waals surface area contributed by atoms with E-state index >= 15 is 0 Å². The molecule has 0 saturated carbocycles. The molecule has 0 aromatic carbocycles. The Balaban J connectivity index is 1.86. The van der Waals surface area contributed by atoms with Crippen LogP contribution in [0.1, 0.15) is 19.3 Å². The van der Waals surface area contributed by atoms with Crippen LogP contribution in [0.25, 0.3) is 0 Å². The van der Waals surface area contributed by atoms with Crippen molar-refractivity contribution in [3.63, 3.8) is 0 Å². The van der Waals surface area contributed by atoms with Crippen LogP contribution >= 0.6 is 11.8 Å². The van der Waals surface area contributed by atoms with Gasteiger partial charge in [0.15, 0.2) is 0 Å². The zero-order chi connectivity index (χ0) is 12.8. The molecule has 0 spiro atoms. The van der Waals surface area contributed by atoms with Crippen LogP contribution in [0.3, 0.4) is 0 Å².